The Kier molecular flexibility index (Phi) is 6.00. The lowest BCUT2D eigenvalue weighted by Gasteiger charge is -2.32. The fourth-order valence-electron chi connectivity index (χ4n) is 3.18. The minimum Gasteiger partial charge on any atom is -0.326 e. The highest BCUT2D eigenvalue weighted by Gasteiger charge is 2.25. The molecular formula is C20H25N3OS. The second-order valence-electron chi connectivity index (χ2n) is 6.65. The van der Waals surface area contributed by atoms with Crippen molar-refractivity contribution in [3.63, 3.8) is 0 Å². The predicted octanol–water partition coefficient (Wildman–Crippen LogP) is 4.43. The zero-order valence-corrected chi connectivity index (χ0v) is 15.7. The van der Waals surface area contributed by atoms with Crippen LogP contribution in [0.15, 0.2) is 46.8 Å². The summed E-state index contributed by atoms with van der Waals surface area (Å²) in [5.41, 5.74) is 6.09. The number of allylic oxidation sites excluding steroid dienone is 1. The molecule has 25 heavy (non-hydrogen) atoms. The first-order valence-corrected chi connectivity index (χ1v) is 9.73. The number of carbonyl (C=O) groups excluding carboxylic acids is 1. The first-order chi connectivity index (χ1) is 12.2. The van der Waals surface area contributed by atoms with Crippen LogP contribution in [-0.4, -0.2) is 35.4 Å². The van der Waals surface area contributed by atoms with E-state index in [-0.39, 0.29) is 11.8 Å². The molecule has 2 aromatic rings. The van der Waals surface area contributed by atoms with E-state index in [0.717, 1.165) is 49.4 Å². The van der Waals surface area contributed by atoms with Gasteiger partial charge in [-0.15, -0.1) is 11.3 Å². The standard InChI is InChI=1S/C20H25N3OS/c1-3-15(2)11-23-10-4-5-17(12-23)20(24)22-18-8-6-16(7-9-18)19-13-25-14-21-19/h3,6-9,13-14,17H,4-5,10-12H2,1-2H3,(H,22,24)/b15-3+. The maximum absolute atomic E-state index is 12.6. The van der Waals surface area contributed by atoms with Gasteiger partial charge in [0.05, 0.1) is 17.1 Å². The van der Waals surface area contributed by atoms with Gasteiger partial charge in [-0.1, -0.05) is 23.8 Å². The number of thiazole rings is 1. The number of nitrogens with one attached hydrogen (secondary N) is 1. The first-order valence-electron chi connectivity index (χ1n) is 8.79. The Bertz CT molecular complexity index is 722. The Labute approximate surface area is 153 Å². The van der Waals surface area contributed by atoms with Gasteiger partial charge in [-0.25, -0.2) is 4.98 Å². The molecule has 3 rings (SSSR count). The van der Waals surface area contributed by atoms with Crippen molar-refractivity contribution in [2.24, 2.45) is 5.92 Å². The molecule has 0 bridgehead atoms. The average Bonchev–Trinajstić information content (AvgIpc) is 3.17. The summed E-state index contributed by atoms with van der Waals surface area (Å²) in [5.74, 6) is 0.195. The molecule has 2 heterocycles. The maximum atomic E-state index is 12.6. The highest BCUT2D eigenvalue weighted by molar-refractivity contribution is 7.07. The van der Waals surface area contributed by atoms with Crippen LogP contribution in [0.3, 0.4) is 0 Å². The Morgan fingerprint density at radius 1 is 1.40 bits per heavy atom. The topological polar surface area (TPSA) is 45.2 Å². The minimum absolute atomic E-state index is 0.0663. The number of aromatic nitrogens is 1. The van der Waals surface area contributed by atoms with Crippen molar-refractivity contribution in [3.8, 4) is 11.3 Å². The number of hydrogen-bond acceptors (Lipinski definition) is 4. The van der Waals surface area contributed by atoms with E-state index in [0.29, 0.717) is 0 Å². The number of rotatable bonds is 5. The zero-order valence-electron chi connectivity index (χ0n) is 14.9. The summed E-state index contributed by atoms with van der Waals surface area (Å²) in [5, 5.41) is 5.10. The van der Waals surface area contributed by atoms with Gasteiger partial charge in [-0.05, 0) is 45.4 Å². The monoisotopic (exact) mass is 355 g/mol. The van der Waals surface area contributed by atoms with Gasteiger partial charge in [0.1, 0.15) is 0 Å². The molecule has 1 fully saturated rings. The van der Waals surface area contributed by atoms with Gasteiger partial charge in [-0.2, -0.15) is 0 Å². The van der Waals surface area contributed by atoms with Gasteiger partial charge in [0.25, 0.3) is 0 Å². The number of piperidine rings is 1. The van der Waals surface area contributed by atoms with Crippen LogP contribution in [0, 0.1) is 5.92 Å². The molecule has 0 radical (unpaired) electrons. The van der Waals surface area contributed by atoms with Crippen LogP contribution in [0.4, 0.5) is 5.69 Å². The number of amides is 1. The van der Waals surface area contributed by atoms with Gasteiger partial charge < -0.3 is 5.32 Å². The van der Waals surface area contributed by atoms with Crippen molar-refractivity contribution >= 4 is 22.9 Å². The number of nitrogens with zero attached hydrogens (tertiary/aromatic N) is 2. The second kappa shape index (κ2) is 8.41. The highest BCUT2D eigenvalue weighted by atomic mass is 32.1. The molecule has 1 atom stereocenters. The molecule has 1 aromatic carbocycles. The van der Waals surface area contributed by atoms with Crippen molar-refractivity contribution in [2.75, 3.05) is 25.0 Å². The third kappa shape index (κ3) is 4.77. The van der Waals surface area contributed by atoms with Gasteiger partial charge in [0.15, 0.2) is 0 Å². The predicted molar refractivity (Wildman–Crippen MR) is 105 cm³/mol. The highest BCUT2D eigenvalue weighted by Crippen LogP contribution is 2.23. The Morgan fingerprint density at radius 2 is 2.20 bits per heavy atom. The van der Waals surface area contributed by atoms with Crippen LogP contribution < -0.4 is 5.32 Å². The lowest BCUT2D eigenvalue weighted by atomic mass is 9.96. The second-order valence-corrected chi connectivity index (χ2v) is 7.37. The molecule has 1 unspecified atom stereocenters. The van der Waals surface area contributed by atoms with E-state index in [9.17, 15) is 4.79 Å². The number of likely N-dealkylation sites (tertiary alicyclic amines) is 1. The summed E-state index contributed by atoms with van der Waals surface area (Å²) in [7, 11) is 0. The molecule has 0 aliphatic carbocycles. The molecule has 0 spiro atoms. The zero-order chi connectivity index (χ0) is 17.6. The van der Waals surface area contributed by atoms with E-state index < -0.39 is 0 Å². The molecule has 1 amide bonds. The quantitative estimate of drug-likeness (QED) is 0.807. The van der Waals surface area contributed by atoms with E-state index in [1.807, 2.05) is 35.2 Å². The van der Waals surface area contributed by atoms with E-state index in [1.54, 1.807) is 11.3 Å². The van der Waals surface area contributed by atoms with Crippen molar-refractivity contribution in [3.05, 3.63) is 46.8 Å². The smallest absolute Gasteiger partial charge is 0.228 e. The van der Waals surface area contributed by atoms with Gasteiger partial charge in [0, 0.05) is 29.7 Å². The Balaban J connectivity index is 1.58. The largest absolute Gasteiger partial charge is 0.326 e. The van der Waals surface area contributed by atoms with Crippen LogP contribution in [0.2, 0.25) is 0 Å². The van der Waals surface area contributed by atoms with Crippen molar-refractivity contribution in [2.45, 2.75) is 26.7 Å². The molecule has 1 N–H and O–H groups in total. The summed E-state index contributed by atoms with van der Waals surface area (Å²) in [4.78, 5) is 19.3. The molecule has 1 aliphatic heterocycles. The lowest BCUT2D eigenvalue weighted by Crippen LogP contribution is -2.41. The number of benzene rings is 1. The summed E-state index contributed by atoms with van der Waals surface area (Å²) in [6.45, 7) is 7.10. The average molecular weight is 356 g/mol. The van der Waals surface area contributed by atoms with E-state index in [1.165, 1.54) is 5.57 Å². The van der Waals surface area contributed by atoms with Crippen LogP contribution in [0.25, 0.3) is 11.3 Å². The van der Waals surface area contributed by atoms with Crippen LogP contribution in [-0.2, 0) is 4.79 Å². The summed E-state index contributed by atoms with van der Waals surface area (Å²) in [6.07, 6.45) is 4.19. The van der Waals surface area contributed by atoms with Crippen molar-refractivity contribution in [1.29, 1.82) is 0 Å². The SMILES string of the molecule is C/C=C(\C)CN1CCCC(C(=O)Nc2ccc(-c3cscn3)cc2)C1. The number of anilines is 1. The first kappa shape index (κ1) is 17.8. The van der Waals surface area contributed by atoms with Crippen LogP contribution >= 0.6 is 11.3 Å². The Hall–Kier alpha value is -1.98. The van der Waals surface area contributed by atoms with Crippen LogP contribution in [0.1, 0.15) is 26.7 Å². The Morgan fingerprint density at radius 3 is 2.88 bits per heavy atom. The fourth-order valence-corrected chi connectivity index (χ4v) is 3.74. The molecule has 1 aromatic heterocycles. The molecule has 132 valence electrons. The normalized spacial score (nSPS) is 19.0. The molecule has 4 nitrogen and oxygen atoms in total. The number of hydrogen-bond donors (Lipinski definition) is 1. The molecule has 5 heteroatoms. The van der Waals surface area contributed by atoms with E-state index >= 15 is 0 Å². The van der Waals surface area contributed by atoms with Crippen molar-refractivity contribution < 1.29 is 4.79 Å². The fraction of sp³-hybridized carbons (Fsp3) is 0.400. The van der Waals surface area contributed by atoms with Crippen molar-refractivity contribution in [1.82, 2.24) is 9.88 Å². The van der Waals surface area contributed by atoms with E-state index in [2.05, 4.69) is 35.1 Å². The van der Waals surface area contributed by atoms with Gasteiger partial charge >= 0.3 is 0 Å². The summed E-state index contributed by atoms with van der Waals surface area (Å²) >= 11 is 1.58. The number of carbonyl (C=O) groups is 1. The molecule has 0 saturated carbocycles. The minimum atomic E-state index is 0.0663. The lowest BCUT2D eigenvalue weighted by molar-refractivity contribution is -0.121. The maximum Gasteiger partial charge on any atom is 0.228 e. The van der Waals surface area contributed by atoms with Gasteiger partial charge in [-0.3, -0.25) is 9.69 Å². The summed E-state index contributed by atoms with van der Waals surface area (Å²) < 4.78 is 0. The summed E-state index contributed by atoms with van der Waals surface area (Å²) in [6, 6.07) is 7.93. The van der Waals surface area contributed by atoms with Crippen LogP contribution in [0.5, 0.6) is 0 Å². The van der Waals surface area contributed by atoms with E-state index in [4.69, 9.17) is 0 Å². The third-order valence-corrected chi connectivity index (χ3v) is 5.31. The molecule has 1 aliphatic rings. The third-order valence-electron chi connectivity index (χ3n) is 4.72. The molecular weight excluding hydrogens is 330 g/mol. The molecule has 1 saturated heterocycles. The van der Waals surface area contributed by atoms with Gasteiger partial charge in [0.2, 0.25) is 5.91 Å².